The summed E-state index contributed by atoms with van der Waals surface area (Å²) in [5, 5.41) is 0. The molecule has 19 heavy (non-hydrogen) atoms. The zero-order chi connectivity index (χ0) is 13.5. The highest BCUT2D eigenvalue weighted by atomic mass is 16.6. The summed E-state index contributed by atoms with van der Waals surface area (Å²) in [6.45, 7) is 1.57. The van der Waals surface area contributed by atoms with Gasteiger partial charge >= 0.3 is 11.9 Å². The predicted molar refractivity (Wildman–Crippen MR) is 68.2 cm³/mol. The molecule has 4 heteroatoms. The van der Waals surface area contributed by atoms with Gasteiger partial charge in [0.1, 0.15) is 0 Å². The van der Waals surface area contributed by atoms with Crippen molar-refractivity contribution < 1.29 is 19.1 Å². The number of carbonyl (C=O) groups is 2. The number of carbonyl (C=O) groups excluding carboxylic acids is 2. The number of ether oxygens (including phenoxy) is 2. The van der Waals surface area contributed by atoms with Crippen LogP contribution >= 0.6 is 0 Å². The summed E-state index contributed by atoms with van der Waals surface area (Å²) in [5.74, 6) is 1.73. The van der Waals surface area contributed by atoms with Gasteiger partial charge in [0.05, 0.1) is 6.61 Å². The lowest BCUT2D eigenvalue weighted by Crippen LogP contribution is -2.48. The smallest absolute Gasteiger partial charge is 0.344 e. The largest absolute Gasteiger partial charge is 0.463 e. The fourth-order valence-electron chi connectivity index (χ4n) is 4.90. The minimum absolute atomic E-state index is 0.237. The van der Waals surface area contributed by atoms with Gasteiger partial charge in [-0.3, -0.25) is 4.79 Å². The van der Waals surface area contributed by atoms with Crippen molar-refractivity contribution in [2.45, 2.75) is 45.4 Å². The highest BCUT2D eigenvalue weighted by Gasteiger charge is 2.51. The van der Waals surface area contributed by atoms with Crippen molar-refractivity contribution in [1.29, 1.82) is 0 Å². The number of hydrogen-bond donors (Lipinski definition) is 0. The van der Waals surface area contributed by atoms with Gasteiger partial charge in [0, 0.05) is 12.3 Å². The Morgan fingerprint density at radius 1 is 1.00 bits per heavy atom. The molecule has 0 atom stereocenters. The Morgan fingerprint density at radius 2 is 1.53 bits per heavy atom. The normalized spacial score (nSPS) is 39.1. The van der Waals surface area contributed by atoms with E-state index < -0.39 is 11.9 Å². The van der Waals surface area contributed by atoms with Crippen molar-refractivity contribution >= 4 is 11.9 Å². The number of esters is 2. The van der Waals surface area contributed by atoms with E-state index in [-0.39, 0.29) is 12.0 Å². The van der Waals surface area contributed by atoms with Gasteiger partial charge in [-0.05, 0) is 56.3 Å². The van der Waals surface area contributed by atoms with Crippen molar-refractivity contribution in [1.82, 2.24) is 0 Å². The first-order valence-electron chi connectivity index (χ1n) is 7.34. The molecule has 4 aliphatic rings. The van der Waals surface area contributed by atoms with Crippen LogP contribution in [0.1, 0.15) is 45.4 Å². The van der Waals surface area contributed by atoms with Crippen LogP contribution in [0, 0.1) is 23.2 Å². The molecule has 0 aromatic carbocycles. The second-order valence-electron chi connectivity index (χ2n) is 6.86. The van der Waals surface area contributed by atoms with Gasteiger partial charge in [-0.15, -0.1) is 0 Å². The summed E-state index contributed by atoms with van der Waals surface area (Å²) in [6, 6.07) is 0. The van der Waals surface area contributed by atoms with Gasteiger partial charge in [-0.1, -0.05) is 0 Å². The molecule has 4 saturated carbocycles. The average Bonchev–Trinajstić information content (AvgIpc) is 2.32. The van der Waals surface area contributed by atoms with Gasteiger partial charge in [-0.25, -0.2) is 4.79 Å². The summed E-state index contributed by atoms with van der Waals surface area (Å²) in [4.78, 5) is 22.2. The van der Waals surface area contributed by atoms with Crippen molar-refractivity contribution in [2.75, 3.05) is 13.2 Å². The zero-order valence-electron chi connectivity index (χ0n) is 11.5. The summed E-state index contributed by atoms with van der Waals surface area (Å²) < 4.78 is 10.0. The maximum Gasteiger partial charge on any atom is 0.344 e. The molecular formula is C15H22O4. The van der Waals surface area contributed by atoms with E-state index in [9.17, 15) is 9.59 Å². The molecule has 4 nitrogen and oxygen atoms in total. The molecule has 106 valence electrons. The molecule has 0 saturated heterocycles. The summed E-state index contributed by atoms with van der Waals surface area (Å²) in [6.07, 6.45) is 7.83. The van der Waals surface area contributed by atoms with Crippen molar-refractivity contribution in [3.8, 4) is 0 Å². The monoisotopic (exact) mass is 266 g/mol. The standard InChI is InChI=1S/C15H22O4/c1-10(16)18-8-14(17)19-9-15-5-11-2-12(6-15)4-13(3-11)7-15/h11-13H,2-9H2,1H3. The second-order valence-corrected chi connectivity index (χ2v) is 6.86. The SMILES string of the molecule is CC(=O)OCC(=O)OCC12CC3CC(CC(C3)C1)C2. The Hall–Kier alpha value is -1.06. The van der Waals surface area contributed by atoms with Crippen molar-refractivity contribution in [2.24, 2.45) is 23.2 Å². The van der Waals surface area contributed by atoms with E-state index in [1.54, 1.807) is 0 Å². The van der Waals surface area contributed by atoms with E-state index in [1.165, 1.54) is 45.4 Å². The lowest BCUT2D eigenvalue weighted by Gasteiger charge is -2.56. The van der Waals surface area contributed by atoms with E-state index in [1.807, 2.05) is 0 Å². The molecule has 0 aliphatic heterocycles. The minimum Gasteiger partial charge on any atom is -0.463 e. The maximum absolute atomic E-state index is 11.5. The zero-order valence-corrected chi connectivity index (χ0v) is 11.5. The molecule has 0 aromatic rings. The van der Waals surface area contributed by atoms with Gasteiger partial charge in [0.2, 0.25) is 0 Å². The Labute approximate surface area is 113 Å². The number of hydrogen-bond acceptors (Lipinski definition) is 4. The summed E-state index contributed by atoms with van der Waals surface area (Å²) in [7, 11) is 0. The highest BCUT2D eigenvalue weighted by Crippen LogP contribution is 2.59. The quantitative estimate of drug-likeness (QED) is 0.733. The number of rotatable bonds is 4. The predicted octanol–water partition coefficient (Wildman–Crippen LogP) is 2.31. The van der Waals surface area contributed by atoms with Crippen LogP contribution in [0.3, 0.4) is 0 Å². The molecule has 0 unspecified atom stereocenters. The van der Waals surface area contributed by atoms with Crippen LogP contribution in [0.5, 0.6) is 0 Å². The molecule has 0 heterocycles. The lowest BCUT2D eigenvalue weighted by atomic mass is 9.50. The van der Waals surface area contributed by atoms with Gasteiger partial charge in [0.25, 0.3) is 0 Å². The first kappa shape index (κ1) is 12.9. The first-order valence-corrected chi connectivity index (χ1v) is 7.34. The van der Waals surface area contributed by atoms with E-state index >= 15 is 0 Å². The van der Waals surface area contributed by atoms with Crippen LogP contribution in [-0.2, 0) is 19.1 Å². The van der Waals surface area contributed by atoms with Crippen molar-refractivity contribution in [3.63, 3.8) is 0 Å². The third kappa shape index (κ3) is 2.77. The molecule has 0 N–H and O–H groups in total. The Bertz CT molecular complexity index is 352. The Balaban J connectivity index is 1.52. The van der Waals surface area contributed by atoms with E-state index in [0.29, 0.717) is 6.61 Å². The minimum atomic E-state index is -0.438. The van der Waals surface area contributed by atoms with Gasteiger partial charge < -0.3 is 9.47 Å². The highest BCUT2D eigenvalue weighted by molar-refractivity contribution is 5.75. The molecule has 0 amide bonds. The van der Waals surface area contributed by atoms with E-state index in [4.69, 9.17) is 4.74 Å². The fraction of sp³-hybridized carbons (Fsp3) is 0.867. The maximum atomic E-state index is 11.5. The Morgan fingerprint density at radius 3 is 2.00 bits per heavy atom. The molecule has 4 rings (SSSR count). The van der Waals surface area contributed by atoms with Crippen molar-refractivity contribution in [3.05, 3.63) is 0 Å². The van der Waals surface area contributed by atoms with Crippen LogP contribution in [0.15, 0.2) is 0 Å². The van der Waals surface area contributed by atoms with E-state index in [0.717, 1.165) is 17.8 Å². The molecule has 0 aromatic heterocycles. The fourth-order valence-corrected chi connectivity index (χ4v) is 4.90. The molecule has 4 aliphatic carbocycles. The van der Waals surface area contributed by atoms with Gasteiger partial charge in [-0.2, -0.15) is 0 Å². The summed E-state index contributed by atoms with van der Waals surface area (Å²) >= 11 is 0. The third-order valence-corrected chi connectivity index (χ3v) is 5.10. The molecule has 4 bridgehead atoms. The van der Waals surface area contributed by atoms with Crippen LogP contribution in [0.4, 0.5) is 0 Å². The molecular weight excluding hydrogens is 244 g/mol. The lowest BCUT2D eigenvalue weighted by molar-refractivity contribution is -0.165. The molecule has 0 radical (unpaired) electrons. The van der Waals surface area contributed by atoms with Gasteiger partial charge in [0.15, 0.2) is 6.61 Å². The topological polar surface area (TPSA) is 52.6 Å². The second kappa shape index (κ2) is 4.80. The van der Waals surface area contributed by atoms with Crippen LogP contribution in [0.2, 0.25) is 0 Å². The van der Waals surface area contributed by atoms with Crippen LogP contribution < -0.4 is 0 Å². The third-order valence-electron chi connectivity index (χ3n) is 5.10. The molecule has 4 fully saturated rings. The summed E-state index contributed by atoms with van der Waals surface area (Å²) in [5.41, 5.74) is 0.237. The first-order chi connectivity index (χ1) is 9.05. The Kier molecular flexibility index (Phi) is 3.27. The van der Waals surface area contributed by atoms with Crippen LogP contribution in [-0.4, -0.2) is 25.2 Å². The molecule has 0 spiro atoms. The van der Waals surface area contributed by atoms with Crippen LogP contribution in [0.25, 0.3) is 0 Å². The average molecular weight is 266 g/mol. The van der Waals surface area contributed by atoms with E-state index in [2.05, 4.69) is 4.74 Å².